The summed E-state index contributed by atoms with van der Waals surface area (Å²) in [6, 6.07) is 0.411. The molecule has 4 nitrogen and oxygen atoms in total. The molecule has 4 rings (SSSR count). The second-order valence-corrected chi connectivity index (χ2v) is 5.99. The molecule has 2 fully saturated rings. The van der Waals surface area contributed by atoms with Crippen molar-refractivity contribution in [3.63, 3.8) is 0 Å². The van der Waals surface area contributed by atoms with E-state index in [0.717, 1.165) is 19.4 Å². The van der Waals surface area contributed by atoms with Crippen molar-refractivity contribution in [1.29, 1.82) is 0 Å². The largest absolute Gasteiger partial charge is 0.353 e. The molecule has 0 spiro atoms. The first kappa shape index (κ1) is 12.9. The van der Waals surface area contributed by atoms with Crippen LogP contribution in [0.15, 0.2) is 6.20 Å². The molecule has 0 amide bonds. The van der Waals surface area contributed by atoms with Gasteiger partial charge in [-0.15, -0.1) is 0 Å². The molecule has 1 aliphatic carbocycles. The van der Waals surface area contributed by atoms with Gasteiger partial charge >= 0.3 is 6.08 Å². The maximum absolute atomic E-state index is 14.2. The Morgan fingerprint density at radius 1 is 1.24 bits per heavy atom. The highest BCUT2D eigenvalue weighted by molar-refractivity contribution is 5.89. The minimum Gasteiger partial charge on any atom is -0.353 e. The molecule has 2 aromatic heterocycles. The summed E-state index contributed by atoms with van der Waals surface area (Å²) in [6.45, 7) is 2.39. The maximum Gasteiger partial charge on any atom is 0.311 e. The molecule has 0 radical (unpaired) electrons. The molecular formula is C15H16F2N4. The van der Waals surface area contributed by atoms with Gasteiger partial charge in [-0.05, 0) is 32.1 Å². The van der Waals surface area contributed by atoms with E-state index in [-0.39, 0.29) is 11.2 Å². The van der Waals surface area contributed by atoms with Crippen molar-refractivity contribution in [3.05, 3.63) is 23.8 Å². The molecule has 1 saturated heterocycles. The SMILES string of the molecule is Cc1ncc2c(N3CCCCC4CC43)nc(F)nc2c1F. The Morgan fingerprint density at radius 3 is 2.95 bits per heavy atom. The van der Waals surface area contributed by atoms with Crippen LogP contribution in [0.5, 0.6) is 0 Å². The number of anilines is 1. The topological polar surface area (TPSA) is 41.9 Å². The third kappa shape index (κ3) is 2.04. The van der Waals surface area contributed by atoms with Crippen LogP contribution in [0.25, 0.3) is 10.9 Å². The number of nitrogens with zero attached hydrogens (tertiary/aromatic N) is 4. The first-order valence-electron chi connectivity index (χ1n) is 7.40. The lowest BCUT2D eigenvalue weighted by Crippen LogP contribution is -2.28. The van der Waals surface area contributed by atoms with E-state index in [4.69, 9.17) is 0 Å². The van der Waals surface area contributed by atoms with E-state index >= 15 is 0 Å². The lowest BCUT2D eigenvalue weighted by atomic mass is 10.2. The molecule has 2 aliphatic rings. The fraction of sp³-hybridized carbons (Fsp3) is 0.533. The van der Waals surface area contributed by atoms with Gasteiger partial charge < -0.3 is 4.90 Å². The summed E-state index contributed by atoms with van der Waals surface area (Å²) in [5.74, 6) is 0.611. The monoisotopic (exact) mass is 290 g/mol. The highest BCUT2D eigenvalue weighted by Gasteiger charge is 2.43. The fourth-order valence-electron chi connectivity index (χ4n) is 3.37. The van der Waals surface area contributed by atoms with E-state index in [1.807, 2.05) is 0 Å². The summed E-state index contributed by atoms with van der Waals surface area (Å²) >= 11 is 0. The quantitative estimate of drug-likeness (QED) is 0.757. The van der Waals surface area contributed by atoms with Crippen LogP contribution in [0.3, 0.4) is 0 Å². The predicted octanol–water partition coefficient (Wildman–Crippen LogP) is 2.99. The summed E-state index contributed by atoms with van der Waals surface area (Å²) in [7, 11) is 0. The van der Waals surface area contributed by atoms with E-state index < -0.39 is 11.9 Å². The highest BCUT2D eigenvalue weighted by atomic mass is 19.1. The summed E-state index contributed by atoms with van der Waals surface area (Å²) in [5.41, 5.74) is 0.262. The molecule has 110 valence electrons. The molecule has 3 heterocycles. The van der Waals surface area contributed by atoms with Gasteiger partial charge in [-0.25, -0.2) is 4.39 Å². The van der Waals surface area contributed by atoms with Crippen LogP contribution in [0.4, 0.5) is 14.6 Å². The van der Waals surface area contributed by atoms with E-state index in [1.54, 1.807) is 13.1 Å². The summed E-state index contributed by atoms with van der Waals surface area (Å²) in [6.07, 6.45) is 5.28. The van der Waals surface area contributed by atoms with Crippen molar-refractivity contribution in [3.8, 4) is 0 Å². The number of pyridine rings is 1. The maximum atomic E-state index is 14.2. The molecule has 1 saturated carbocycles. The van der Waals surface area contributed by atoms with Crippen molar-refractivity contribution >= 4 is 16.7 Å². The summed E-state index contributed by atoms with van der Waals surface area (Å²) < 4.78 is 27.9. The molecule has 6 heteroatoms. The zero-order chi connectivity index (χ0) is 14.6. The molecule has 0 aromatic carbocycles. The van der Waals surface area contributed by atoms with E-state index in [9.17, 15) is 8.78 Å². The molecule has 2 unspecified atom stereocenters. The Labute approximate surface area is 121 Å². The van der Waals surface area contributed by atoms with Crippen LogP contribution < -0.4 is 4.90 Å². The average molecular weight is 290 g/mol. The van der Waals surface area contributed by atoms with Crippen LogP contribution in [0.1, 0.15) is 31.4 Å². The number of halogens is 2. The Kier molecular flexibility index (Phi) is 2.80. The second kappa shape index (κ2) is 4.58. The number of rotatable bonds is 1. The lowest BCUT2D eigenvalue weighted by molar-refractivity contribution is 0.536. The van der Waals surface area contributed by atoms with Gasteiger partial charge in [0.05, 0.1) is 11.1 Å². The van der Waals surface area contributed by atoms with Gasteiger partial charge in [0.1, 0.15) is 11.3 Å². The predicted molar refractivity (Wildman–Crippen MR) is 75.1 cm³/mol. The minimum absolute atomic E-state index is 0.0337. The summed E-state index contributed by atoms with van der Waals surface area (Å²) in [5, 5.41) is 0.507. The number of fused-ring (bicyclic) bond motifs is 2. The van der Waals surface area contributed by atoms with Crippen molar-refractivity contribution in [2.75, 3.05) is 11.4 Å². The van der Waals surface area contributed by atoms with Crippen molar-refractivity contribution in [2.24, 2.45) is 5.92 Å². The van der Waals surface area contributed by atoms with Crippen LogP contribution in [0.2, 0.25) is 0 Å². The van der Waals surface area contributed by atoms with Gasteiger partial charge in [-0.1, -0.05) is 6.42 Å². The van der Waals surface area contributed by atoms with Crippen LogP contribution in [-0.2, 0) is 0 Å². The molecule has 2 atom stereocenters. The van der Waals surface area contributed by atoms with Gasteiger partial charge in [-0.2, -0.15) is 14.4 Å². The first-order chi connectivity index (χ1) is 10.1. The van der Waals surface area contributed by atoms with Crippen molar-refractivity contribution in [1.82, 2.24) is 15.0 Å². The molecular weight excluding hydrogens is 274 g/mol. The minimum atomic E-state index is -0.872. The van der Waals surface area contributed by atoms with Crippen molar-refractivity contribution in [2.45, 2.75) is 38.6 Å². The smallest absolute Gasteiger partial charge is 0.311 e. The van der Waals surface area contributed by atoms with Crippen molar-refractivity contribution < 1.29 is 8.78 Å². The number of aromatic nitrogens is 3. The average Bonchev–Trinajstić information content (AvgIpc) is 3.22. The van der Waals surface area contributed by atoms with Crippen LogP contribution in [-0.4, -0.2) is 27.5 Å². The van der Waals surface area contributed by atoms with Crippen LogP contribution in [0, 0.1) is 24.7 Å². The normalized spacial score (nSPS) is 24.8. The molecule has 21 heavy (non-hydrogen) atoms. The molecule has 2 aromatic rings. The number of aryl methyl sites for hydroxylation is 1. The molecule has 0 bridgehead atoms. The third-order valence-corrected chi connectivity index (χ3v) is 4.59. The Balaban J connectivity index is 1.90. The Hall–Kier alpha value is -1.85. The highest BCUT2D eigenvalue weighted by Crippen LogP contribution is 2.44. The van der Waals surface area contributed by atoms with Crippen LogP contribution >= 0.6 is 0 Å². The first-order valence-corrected chi connectivity index (χ1v) is 7.40. The van der Waals surface area contributed by atoms with E-state index in [1.165, 1.54) is 12.8 Å². The summed E-state index contributed by atoms with van der Waals surface area (Å²) in [4.78, 5) is 13.8. The number of hydrogen-bond acceptors (Lipinski definition) is 4. The zero-order valence-corrected chi connectivity index (χ0v) is 11.8. The Morgan fingerprint density at radius 2 is 2.10 bits per heavy atom. The Bertz CT molecular complexity index is 718. The van der Waals surface area contributed by atoms with Gasteiger partial charge in [0.25, 0.3) is 0 Å². The second-order valence-electron chi connectivity index (χ2n) is 5.99. The standard InChI is InChI=1S/C15H16F2N4/c1-8-12(16)13-10(7-18-8)14(20-15(17)19-13)21-5-3-2-4-9-6-11(9)21/h7,9,11H,2-6H2,1H3. The fourth-order valence-corrected chi connectivity index (χ4v) is 3.37. The lowest BCUT2D eigenvalue weighted by Gasteiger charge is -2.24. The zero-order valence-electron chi connectivity index (χ0n) is 11.8. The van der Waals surface area contributed by atoms with Gasteiger partial charge in [0.2, 0.25) is 0 Å². The van der Waals surface area contributed by atoms with Gasteiger partial charge in [0, 0.05) is 18.8 Å². The molecule has 0 N–H and O–H groups in total. The molecule has 1 aliphatic heterocycles. The van der Waals surface area contributed by atoms with E-state index in [0.29, 0.717) is 23.2 Å². The van der Waals surface area contributed by atoms with E-state index in [2.05, 4.69) is 19.9 Å². The van der Waals surface area contributed by atoms with Gasteiger partial charge in [-0.3, -0.25) is 4.98 Å². The third-order valence-electron chi connectivity index (χ3n) is 4.59. The van der Waals surface area contributed by atoms with Gasteiger partial charge in [0.15, 0.2) is 5.82 Å². The number of hydrogen-bond donors (Lipinski definition) is 0.